The lowest BCUT2D eigenvalue weighted by molar-refractivity contribution is -0.142. The highest BCUT2D eigenvalue weighted by Crippen LogP contribution is 2.16. The van der Waals surface area contributed by atoms with E-state index in [-0.39, 0.29) is 30.5 Å². The largest absolute Gasteiger partial charge is 0.461 e. The normalized spacial score (nSPS) is 10.1. The summed E-state index contributed by atoms with van der Waals surface area (Å²) in [5.41, 5.74) is 2.23. The van der Waals surface area contributed by atoms with E-state index in [0.29, 0.717) is 16.7 Å². The highest BCUT2D eigenvalue weighted by Gasteiger charge is 2.07. The van der Waals surface area contributed by atoms with Crippen molar-refractivity contribution in [3.63, 3.8) is 0 Å². The number of nitrogens with zero attached hydrogens (tertiary/aromatic N) is 1. The van der Waals surface area contributed by atoms with Crippen molar-refractivity contribution in [3.8, 4) is 0 Å². The Labute approximate surface area is 116 Å². The van der Waals surface area contributed by atoms with E-state index in [4.69, 9.17) is 4.74 Å². The number of hydrogen-bond acceptors (Lipinski definition) is 4. The van der Waals surface area contributed by atoms with E-state index < -0.39 is 0 Å². The second-order valence-electron chi connectivity index (χ2n) is 4.23. The van der Waals surface area contributed by atoms with Crippen LogP contribution in [0.1, 0.15) is 23.9 Å². The Balaban J connectivity index is 0.00000180. The number of esters is 1. The molecule has 0 saturated carbocycles. The first-order valence-electron chi connectivity index (χ1n) is 5.61. The van der Waals surface area contributed by atoms with E-state index in [2.05, 4.69) is 9.97 Å². The first kappa shape index (κ1) is 15.2. The number of aromatic nitrogens is 2. The third-order valence-corrected chi connectivity index (χ3v) is 2.71. The number of benzene rings is 1. The van der Waals surface area contributed by atoms with Gasteiger partial charge in [-0.05, 0) is 37.1 Å². The van der Waals surface area contributed by atoms with E-state index in [1.54, 1.807) is 13.0 Å². The number of ether oxygens (including phenoxy) is 1. The molecule has 102 valence electrons. The van der Waals surface area contributed by atoms with Crippen LogP contribution in [0, 0.1) is 13.8 Å². The van der Waals surface area contributed by atoms with Gasteiger partial charge in [-0.15, -0.1) is 12.4 Å². The summed E-state index contributed by atoms with van der Waals surface area (Å²) in [6.45, 7) is 5.16. The fourth-order valence-electron chi connectivity index (χ4n) is 1.79. The minimum absolute atomic E-state index is 0. The van der Waals surface area contributed by atoms with Gasteiger partial charge < -0.3 is 9.72 Å². The summed E-state index contributed by atoms with van der Waals surface area (Å²) in [4.78, 5) is 29.5. The Hall–Kier alpha value is -1.88. The molecular weight excluding hydrogens is 268 g/mol. The SMILES string of the molecule is CC(=O)OCc1cc2c(=O)[nH]c(C)nc2cc1C.Cl. The third kappa shape index (κ3) is 3.32. The summed E-state index contributed by atoms with van der Waals surface area (Å²) in [5.74, 6) is 0.241. The van der Waals surface area contributed by atoms with Crippen molar-refractivity contribution in [2.75, 3.05) is 0 Å². The van der Waals surface area contributed by atoms with Crippen LogP contribution in [0.5, 0.6) is 0 Å². The number of halogens is 1. The molecule has 0 aliphatic rings. The average molecular weight is 283 g/mol. The lowest BCUT2D eigenvalue weighted by Gasteiger charge is -2.08. The first-order valence-corrected chi connectivity index (χ1v) is 5.61. The van der Waals surface area contributed by atoms with Gasteiger partial charge in [0.15, 0.2) is 0 Å². The summed E-state index contributed by atoms with van der Waals surface area (Å²) in [5, 5.41) is 0.508. The zero-order valence-electron chi connectivity index (χ0n) is 10.9. The molecule has 1 heterocycles. The molecule has 0 radical (unpaired) electrons. The van der Waals surface area contributed by atoms with Gasteiger partial charge in [0.25, 0.3) is 5.56 Å². The van der Waals surface area contributed by atoms with Gasteiger partial charge in [-0.1, -0.05) is 0 Å². The number of carbonyl (C=O) groups excluding carboxylic acids is 1. The zero-order valence-corrected chi connectivity index (χ0v) is 11.8. The topological polar surface area (TPSA) is 72.1 Å². The van der Waals surface area contributed by atoms with E-state index >= 15 is 0 Å². The number of hydrogen-bond donors (Lipinski definition) is 1. The van der Waals surface area contributed by atoms with Gasteiger partial charge in [0.2, 0.25) is 0 Å². The van der Waals surface area contributed by atoms with Crippen LogP contribution in [0.2, 0.25) is 0 Å². The van der Waals surface area contributed by atoms with Gasteiger partial charge in [-0.2, -0.15) is 0 Å². The number of fused-ring (bicyclic) bond motifs is 1. The van der Waals surface area contributed by atoms with Crippen molar-refractivity contribution in [2.24, 2.45) is 0 Å². The maximum Gasteiger partial charge on any atom is 0.302 e. The predicted octanol–water partition coefficient (Wildman–Crippen LogP) is 2.02. The molecule has 19 heavy (non-hydrogen) atoms. The lowest BCUT2D eigenvalue weighted by atomic mass is 10.1. The van der Waals surface area contributed by atoms with E-state index in [1.165, 1.54) is 6.92 Å². The molecule has 1 aromatic carbocycles. The monoisotopic (exact) mass is 282 g/mol. The summed E-state index contributed by atoms with van der Waals surface area (Å²) in [6, 6.07) is 3.55. The summed E-state index contributed by atoms with van der Waals surface area (Å²) < 4.78 is 4.95. The minimum atomic E-state index is -0.342. The van der Waals surface area contributed by atoms with Crippen molar-refractivity contribution in [3.05, 3.63) is 39.4 Å². The summed E-state index contributed by atoms with van der Waals surface area (Å²) in [6.07, 6.45) is 0. The average Bonchev–Trinajstić information content (AvgIpc) is 2.26. The fraction of sp³-hybridized carbons (Fsp3) is 0.308. The molecule has 0 atom stereocenters. The number of aryl methyl sites for hydroxylation is 2. The Bertz CT molecular complexity index is 679. The van der Waals surface area contributed by atoms with Gasteiger partial charge in [-0.3, -0.25) is 9.59 Å². The smallest absolute Gasteiger partial charge is 0.302 e. The Morgan fingerprint density at radius 2 is 2.05 bits per heavy atom. The van der Waals surface area contributed by atoms with Crippen LogP contribution in [-0.4, -0.2) is 15.9 Å². The molecule has 0 bridgehead atoms. The molecule has 2 rings (SSSR count). The second kappa shape index (κ2) is 5.84. The zero-order chi connectivity index (χ0) is 13.3. The van der Waals surface area contributed by atoms with Gasteiger partial charge in [0, 0.05) is 6.92 Å². The Kier molecular flexibility index (Phi) is 4.67. The van der Waals surface area contributed by atoms with Crippen LogP contribution >= 0.6 is 12.4 Å². The van der Waals surface area contributed by atoms with E-state index in [9.17, 15) is 9.59 Å². The lowest BCUT2D eigenvalue weighted by Crippen LogP contribution is -2.11. The molecule has 5 nitrogen and oxygen atoms in total. The Morgan fingerprint density at radius 1 is 1.37 bits per heavy atom. The molecule has 1 N–H and O–H groups in total. The fourth-order valence-corrected chi connectivity index (χ4v) is 1.79. The van der Waals surface area contributed by atoms with Gasteiger partial charge in [0.05, 0.1) is 10.9 Å². The number of nitrogens with one attached hydrogen (secondary N) is 1. The van der Waals surface area contributed by atoms with Crippen molar-refractivity contribution in [1.29, 1.82) is 0 Å². The third-order valence-electron chi connectivity index (χ3n) is 2.71. The van der Waals surface area contributed by atoms with Crippen LogP contribution in [0.15, 0.2) is 16.9 Å². The molecular formula is C13H15ClN2O3. The molecule has 0 unspecified atom stereocenters. The van der Waals surface area contributed by atoms with Gasteiger partial charge in [-0.25, -0.2) is 4.98 Å². The molecule has 0 spiro atoms. The summed E-state index contributed by atoms with van der Waals surface area (Å²) >= 11 is 0. The molecule has 2 aromatic rings. The quantitative estimate of drug-likeness (QED) is 0.856. The first-order chi connectivity index (χ1) is 8.47. The van der Waals surface area contributed by atoms with Crippen LogP contribution in [-0.2, 0) is 16.1 Å². The van der Waals surface area contributed by atoms with E-state index in [0.717, 1.165) is 11.1 Å². The van der Waals surface area contributed by atoms with Gasteiger partial charge in [0.1, 0.15) is 12.4 Å². The van der Waals surface area contributed by atoms with Crippen molar-refractivity contribution < 1.29 is 9.53 Å². The van der Waals surface area contributed by atoms with E-state index in [1.807, 2.05) is 13.0 Å². The number of H-pyrrole nitrogens is 1. The summed E-state index contributed by atoms with van der Waals surface area (Å²) in [7, 11) is 0. The van der Waals surface area contributed by atoms with Crippen molar-refractivity contribution >= 4 is 29.3 Å². The predicted molar refractivity (Wildman–Crippen MR) is 74.6 cm³/mol. The van der Waals surface area contributed by atoms with Crippen molar-refractivity contribution in [1.82, 2.24) is 9.97 Å². The van der Waals surface area contributed by atoms with Crippen LogP contribution < -0.4 is 5.56 Å². The molecule has 0 amide bonds. The maximum absolute atomic E-state index is 11.8. The molecule has 0 aliphatic heterocycles. The Morgan fingerprint density at radius 3 is 2.68 bits per heavy atom. The minimum Gasteiger partial charge on any atom is -0.461 e. The standard InChI is InChI=1S/C13H14N2O3.ClH/c1-7-4-12-11(13(17)15-8(2)14-12)5-10(7)6-18-9(3)16;/h4-5H,6H2,1-3H3,(H,14,15,17);1H. The van der Waals surface area contributed by atoms with Crippen molar-refractivity contribution in [2.45, 2.75) is 27.4 Å². The molecule has 1 aromatic heterocycles. The number of rotatable bonds is 2. The number of aromatic amines is 1. The highest BCUT2D eigenvalue weighted by molar-refractivity contribution is 5.85. The number of carbonyl (C=O) groups is 1. The molecule has 0 fully saturated rings. The highest BCUT2D eigenvalue weighted by atomic mass is 35.5. The van der Waals surface area contributed by atoms with Crippen LogP contribution in [0.4, 0.5) is 0 Å². The molecule has 6 heteroatoms. The maximum atomic E-state index is 11.8. The molecule has 0 saturated heterocycles. The van der Waals surface area contributed by atoms with Gasteiger partial charge >= 0.3 is 5.97 Å². The second-order valence-corrected chi connectivity index (χ2v) is 4.23. The molecule has 0 aliphatic carbocycles. The van der Waals surface area contributed by atoms with Crippen LogP contribution in [0.25, 0.3) is 10.9 Å². The van der Waals surface area contributed by atoms with Crippen LogP contribution in [0.3, 0.4) is 0 Å².